The Labute approximate surface area is 163 Å². The molecule has 0 saturated heterocycles. The van der Waals surface area contributed by atoms with Crippen LogP contribution in [-0.4, -0.2) is 21.4 Å². The molecule has 0 aliphatic carbocycles. The van der Waals surface area contributed by atoms with E-state index in [1.165, 1.54) is 0 Å². The minimum Gasteiger partial charge on any atom is -0.305 e. The van der Waals surface area contributed by atoms with Gasteiger partial charge in [-0.15, -0.1) is 0 Å². The number of carbonyl (C=O) groups is 2. The predicted octanol–water partition coefficient (Wildman–Crippen LogP) is 2.56. The summed E-state index contributed by atoms with van der Waals surface area (Å²) in [4.78, 5) is 41.0. The van der Waals surface area contributed by atoms with Crippen molar-refractivity contribution in [3.63, 3.8) is 0 Å². The number of hydrogen-bond donors (Lipinski definition) is 2. The molecule has 2 aromatic carbocycles. The molecule has 0 unspecified atom stereocenters. The number of benzene rings is 2. The molecule has 0 saturated carbocycles. The van der Waals surface area contributed by atoms with Crippen molar-refractivity contribution in [2.45, 2.75) is 20.4 Å². The van der Waals surface area contributed by atoms with Gasteiger partial charge in [0, 0.05) is 16.6 Å². The van der Waals surface area contributed by atoms with Crippen LogP contribution in [0.1, 0.15) is 33.3 Å². The molecule has 0 atom stereocenters. The van der Waals surface area contributed by atoms with Crippen LogP contribution in [0.25, 0.3) is 11.0 Å². The topological polar surface area (TPSA) is 93.1 Å². The fourth-order valence-electron chi connectivity index (χ4n) is 2.73. The monoisotopic (exact) mass is 428 g/mol. The van der Waals surface area contributed by atoms with E-state index >= 15 is 0 Å². The van der Waals surface area contributed by atoms with Gasteiger partial charge >= 0.3 is 0 Å². The van der Waals surface area contributed by atoms with Crippen LogP contribution < -0.4 is 16.4 Å². The molecule has 0 bridgehead atoms. The minimum atomic E-state index is -0.481. The molecule has 1 aromatic heterocycles. The number of aryl methyl sites for hydroxylation is 2. The van der Waals surface area contributed by atoms with Gasteiger partial charge in [-0.25, -0.2) is 4.98 Å². The van der Waals surface area contributed by atoms with Crippen molar-refractivity contribution < 1.29 is 9.59 Å². The smallest absolute Gasteiger partial charge is 0.272 e. The molecule has 0 aliphatic heterocycles. The van der Waals surface area contributed by atoms with Crippen molar-refractivity contribution in [2.75, 3.05) is 0 Å². The van der Waals surface area contributed by atoms with E-state index in [9.17, 15) is 14.4 Å². The Morgan fingerprint density at radius 2 is 1.81 bits per heavy atom. The van der Waals surface area contributed by atoms with E-state index in [0.717, 1.165) is 0 Å². The molecule has 0 fully saturated rings. The number of nitrogens with zero attached hydrogens (tertiary/aromatic N) is 2. The van der Waals surface area contributed by atoms with Gasteiger partial charge in [-0.3, -0.25) is 25.2 Å². The highest BCUT2D eigenvalue weighted by atomic mass is 79.9. The summed E-state index contributed by atoms with van der Waals surface area (Å²) in [7, 11) is 0. The van der Waals surface area contributed by atoms with Crippen LogP contribution in [-0.2, 0) is 6.54 Å². The van der Waals surface area contributed by atoms with E-state index in [1.54, 1.807) is 54.0 Å². The number of fused-ring (bicyclic) bond motifs is 1. The largest absolute Gasteiger partial charge is 0.305 e. The number of halogens is 1. The second-order valence-electron chi connectivity index (χ2n) is 5.84. The summed E-state index contributed by atoms with van der Waals surface area (Å²) in [5.41, 5.74) is 6.91. The third kappa shape index (κ3) is 3.75. The van der Waals surface area contributed by atoms with Crippen LogP contribution in [0.15, 0.2) is 51.7 Å². The molecule has 2 N–H and O–H groups in total. The molecular formula is C19H17BrN4O3. The molecule has 7 nitrogen and oxygen atoms in total. The normalized spacial score (nSPS) is 10.6. The van der Waals surface area contributed by atoms with Gasteiger partial charge in [0.05, 0.1) is 16.6 Å². The predicted molar refractivity (Wildman–Crippen MR) is 105 cm³/mol. The summed E-state index contributed by atoms with van der Waals surface area (Å²) in [5.74, 6) is -0.920. The van der Waals surface area contributed by atoms with Gasteiger partial charge < -0.3 is 4.57 Å². The van der Waals surface area contributed by atoms with Gasteiger partial charge in [0.15, 0.2) is 0 Å². The first-order chi connectivity index (χ1) is 12.9. The number of nitrogens with one attached hydrogen (secondary N) is 2. The lowest BCUT2D eigenvalue weighted by atomic mass is 10.1. The quantitative estimate of drug-likeness (QED) is 0.626. The Morgan fingerprint density at radius 3 is 2.52 bits per heavy atom. The molecule has 0 radical (unpaired) electrons. The van der Waals surface area contributed by atoms with Crippen LogP contribution in [0.5, 0.6) is 0 Å². The van der Waals surface area contributed by atoms with E-state index in [2.05, 4.69) is 31.8 Å². The van der Waals surface area contributed by atoms with Gasteiger partial charge in [0.2, 0.25) is 0 Å². The maximum Gasteiger partial charge on any atom is 0.272 e. The molecule has 138 valence electrons. The van der Waals surface area contributed by atoms with Crippen molar-refractivity contribution in [3.05, 3.63) is 74.1 Å². The van der Waals surface area contributed by atoms with Crippen molar-refractivity contribution in [2.24, 2.45) is 0 Å². The Balaban J connectivity index is 1.82. The van der Waals surface area contributed by atoms with Gasteiger partial charge in [-0.05, 0) is 60.1 Å². The lowest BCUT2D eigenvalue weighted by Crippen LogP contribution is -2.41. The summed E-state index contributed by atoms with van der Waals surface area (Å²) in [6.45, 7) is 4.02. The van der Waals surface area contributed by atoms with Crippen LogP contribution in [0, 0.1) is 6.92 Å². The summed E-state index contributed by atoms with van der Waals surface area (Å²) in [6.07, 6.45) is 0. The SMILES string of the molecule is CCn1c(=O)c(C)nc2cc(C(=O)NNC(=O)c3ccccc3Br)ccc21. The highest BCUT2D eigenvalue weighted by Gasteiger charge is 2.13. The number of hydrogen-bond acceptors (Lipinski definition) is 4. The zero-order valence-electron chi connectivity index (χ0n) is 14.7. The summed E-state index contributed by atoms with van der Waals surface area (Å²) >= 11 is 3.29. The molecule has 0 aliphatic rings. The number of aromatic nitrogens is 2. The van der Waals surface area contributed by atoms with E-state index in [4.69, 9.17) is 0 Å². The summed E-state index contributed by atoms with van der Waals surface area (Å²) in [6, 6.07) is 11.8. The highest BCUT2D eigenvalue weighted by Crippen LogP contribution is 2.16. The average molecular weight is 429 g/mol. The van der Waals surface area contributed by atoms with E-state index < -0.39 is 11.8 Å². The molecule has 8 heteroatoms. The van der Waals surface area contributed by atoms with E-state index in [1.807, 2.05) is 6.92 Å². The first-order valence-corrected chi connectivity index (χ1v) is 9.08. The van der Waals surface area contributed by atoms with Crippen LogP contribution in [0.4, 0.5) is 0 Å². The minimum absolute atomic E-state index is 0.150. The third-order valence-corrected chi connectivity index (χ3v) is 4.79. The Hall–Kier alpha value is -3.00. The standard InChI is InChI=1S/C19H17BrN4O3/c1-3-24-16-9-8-12(10-15(16)21-11(2)19(24)27)17(25)22-23-18(26)13-6-4-5-7-14(13)20/h4-10H,3H2,1-2H3,(H,22,25)(H,23,26). The molecule has 1 heterocycles. The summed E-state index contributed by atoms with van der Waals surface area (Å²) in [5, 5.41) is 0. The first-order valence-electron chi connectivity index (χ1n) is 8.28. The fraction of sp³-hybridized carbons (Fsp3) is 0.158. The zero-order chi connectivity index (χ0) is 19.6. The number of carbonyl (C=O) groups excluding carboxylic acids is 2. The summed E-state index contributed by atoms with van der Waals surface area (Å²) < 4.78 is 2.23. The molecule has 2 amide bonds. The Bertz CT molecular complexity index is 1110. The molecule has 3 rings (SSSR count). The second kappa shape index (κ2) is 7.71. The second-order valence-corrected chi connectivity index (χ2v) is 6.69. The Morgan fingerprint density at radius 1 is 1.11 bits per heavy atom. The van der Waals surface area contributed by atoms with Crippen LogP contribution in [0.2, 0.25) is 0 Å². The highest BCUT2D eigenvalue weighted by molar-refractivity contribution is 9.10. The molecule has 0 spiro atoms. The Kier molecular flexibility index (Phi) is 5.36. The van der Waals surface area contributed by atoms with Crippen molar-refractivity contribution >= 4 is 38.8 Å². The molecule has 3 aromatic rings. The van der Waals surface area contributed by atoms with E-state index in [-0.39, 0.29) is 5.56 Å². The average Bonchev–Trinajstić information content (AvgIpc) is 2.67. The van der Waals surface area contributed by atoms with Gasteiger partial charge in [0.25, 0.3) is 17.4 Å². The molecule has 27 heavy (non-hydrogen) atoms. The van der Waals surface area contributed by atoms with Crippen LogP contribution in [0.3, 0.4) is 0 Å². The lowest BCUT2D eigenvalue weighted by molar-refractivity contribution is 0.0846. The van der Waals surface area contributed by atoms with Crippen molar-refractivity contribution in [1.82, 2.24) is 20.4 Å². The van der Waals surface area contributed by atoms with Gasteiger partial charge in [-0.1, -0.05) is 12.1 Å². The first kappa shape index (κ1) is 18.8. The van der Waals surface area contributed by atoms with E-state index in [0.29, 0.717) is 38.9 Å². The van der Waals surface area contributed by atoms with Crippen LogP contribution >= 0.6 is 15.9 Å². The maximum atomic E-state index is 12.4. The number of amides is 2. The zero-order valence-corrected chi connectivity index (χ0v) is 16.3. The van der Waals surface area contributed by atoms with Crippen molar-refractivity contribution in [1.29, 1.82) is 0 Å². The number of rotatable bonds is 3. The van der Waals surface area contributed by atoms with Gasteiger partial charge in [0.1, 0.15) is 5.69 Å². The maximum absolute atomic E-state index is 12.4. The van der Waals surface area contributed by atoms with Gasteiger partial charge in [-0.2, -0.15) is 0 Å². The lowest BCUT2D eigenvalue weighted by Gasteiger charge is -2.11. The fourth-order valence-corrected chi connectivity index (χ4v) is 3.19. The third-order valence-electron chi connectivity index (χ3n) is 4.10. The van der Waals surface area contributed by atoms with Crippen molar-refractivity contribution in [3.8, 4) is 0 Å². The molecular weight excluding hydrogens is 412 g/mol. The number of hydrazine groups is 1.